The minimum absolute atomic E-state index is 0.218. The maximum Gasteiger partial charge on any atom is 0.123 e. The van der Waals surface area contributed by atoms with E-state index < -0.39 is 0 Å². The van der Waals surface area contributed by atoms with Gasteiger partial charge in [-0.05, 0) is 60.8 Å². The van der Waals surface area contributed by atoms with Gasteiger partial charge in [0.2, 0.25) is 0 Å². The summed E-state index contributed by atoms with van der Waals surface area (Å²) in [6.07, 6.45) is 3.48. The van der Waals surface area contributed by atoms with Gasteiger partial charge in [-0.2, -0.15) is 0 Å². The average Bonchev–Trinajstić information content (AvgIpc) is 2.71. The fourth-order valence-corrected chi connectivity index (χ4v) is 3.52. The second-order valence-electron chi connectivity index (χ2n) is 5.28. The van der Waals surface area contributed by atoms with Crippen molar-refractivity contribution < 1.29 is 9.50 Å². The highest BCUT2D eigenvalue weighted by Gasteiger charge is 2.55. The van der Waals surface area contributed by atoms with Gasteiger partial charge in [0.15, 0.2) is 0 Å². The molecule has 3 rings (SSSR count). The van der Waals surface area contributed by atoms with Crippen LogP contribution >= 0.6 is 0 Å². The van der Waals surface area contributed by atoms with Crippen molar-refractivity contribution in [3.8, 4) is 0 Å². The SMILES string of the molecule is Cc1cc(F)ccc1C(O)C1C2CCCC21. The molecule has 2 aliphatic carbocycles. The molecule has 0 heterocycles. The van der Waals surface area contributed by atoms with Gasteiger partial charge in [-0.1, -0.05) is 12.5 Å². The summed E-state index contributed by atoms with van der Waals surface area (Å²) >= 11 is 0. The van der Waals surface area contributed by atoms with E-state index in [4.69, 9.17) is 0 Å². The molecule has 86 valence electrons. The van der Waals surface area contributed by atoms with E-state index in [9.17, 15) is 9.50 Å². The van der Waals surface area contributed by atoms with Gasteiger partial charge in [0, 0.05) is 0 Å². The average molecular weight is 220 g/mol. The maximum atomic E-state index is 13.0. The summed E-state index contributed by atoms with van der Waals surface area (Å²) in [5.74, 6) is 1.70. The summed E-state index contributed by atoms with van der Waals surface area (Å²) in [6, 6.07) is 4.70. The largest absolute Gasteiger partial charge is 0.388 e. The van der Waals surface area contributed by atoms with Crippen molar-refractivity contribution in [3.63, 3.8) is 0 Å². The second-order valence-corrected chi connectivity index (χ2v) is 5.28. The first kappa shape index (κ1) is 10.3. The molecule has 1 aromatic rings. The van der Waals surface area contributed by atoms with Crippen LogP contribution in [0.5, 0.6) is 0 Å². The van der Waals surface area contributed by atoms with Crippen LogP contribution in [-0.2, 0) is 0 Å². The third kappa shape index (κ3) is 1.47. The van der Waals surface area contributed by atoms with Crippen molar-refractivity contribution >= 4 is 0 Å². The zero-order valence-electron chi connectivity index (χ0n) is 9.49. The van der Waals surface area contributed by atoms with E-state index in [1.807, 2.05) is 6.92 Å². The molecule has 1 nitrogen and oxygen atoms in total. The number of hydrogen-bond acceptors (Lipinski definition) is 1. The Balaban J connectivity index is 1.82. The monoisotopic (exact) mass is 220 g/mol. The molecule has 1 aromatic carbocycles. The van der Waals surface area contributed by atoms with E-state index in [-0.39, 0.29) is 11.9 Å². The lowest BCUT2D eigenvalue weighted by Crippen LogP contribution is -2.06. The molecule has 16 heavy (non-hydrogen) atoms. The van der Waals surface area contributed by atoms with Crippen LogP contribution in [0.1, 0.15) is 36.5 Å². The van der Waals surface area contributed by atoms with Gasteiger partial charge in [0.25, 0.3) is 0 Å². The summed E-state index contributed by atoms with van der Waals surface area (Å²) in [6.45, 7) is 1.87. The molecule has 0 saturated heterocycles. The molecule has 2 saturated carbocycles. The number of rotatable bonds is 2. The Morgan fingerprint density at radius 3 is 2.62 bits per heavy atom. The summed E-state index contributed by atoms with van der Waals surface area (Å²) in [4.78, 5) is 0. The van der Waals surface area contributed by atoms with Crippen LogP contribution in [0.3, 0.4) is 0 Å². The van der Waals surface area contributed by atoms with E-state index in [0.717, 1.165) is 23.0 Å². The smallest absolute Gasteiger partial charge is 0.123 e. The minimum Gasteiger partial charge on any atom is -0.388 e. The Hall–Kier alpha value is -0.890. The highest BCUT2D eigenvalue weighted by Crippen LogP contribution is 2.62. The molecule has 2 heteroatoms. The maximum absolute atomic E-state index is 13.0. The number of benzene rings is 1. The quantitative estimate of drug-likeness (QED) is 0.811. The lowest BCUT2D eigenvalue weighted by atomic mass is 9.96. The number of aliphatic hydroxyl groups excluding tert-OH is 1. The molecular weight excluding hydrogens is 203 g/mol. The Labute approximate surface area is 95.3 Å². The molecule has 3 atom stereocenters. The molecule has 2 aliphatic rings. The van der Waals surface area contributed by atoms with E-state index in [1.54, 1.807) is 6.07 Å². The van der Waals surface area contributed by atoms with Gasteiger partial charge < -0.3 is 5.11 Å². The topological polar surface area (TPSA) is 20.2 Å². The zero-order valence-corrected chi connectivity index (χ0v) is 9.49. The van der Waals surface area contributed by atoms with E-state index in [1.165, 1.54) is 31.4 Å². The highest BCUT2D eigenvalue weighted by atomic mass is 19.1. The fourth-order valence-electron chi connectivity index (χ4n) is 3.52. The number of fused-ring (bicyclic) bond motifs is 1. The Kier molecular flexibility index (Phi) is 2.28. The van der Waals surface area contributed by atoms with Crippen LogP contribution in [0, 0.1) is 30.5 Å². The lowest BCUT2D eigenvalue weighted by Gasteiger charge is -2.15. The lowest BCUT2D eigenvalue weighted by molar-refractivity contribution is 0.136. The Morgan fingerprint density at radius 2 is 2.00 bits per heavy atom. The number of aliphatic hydroxyl groups is 1. The van der Waals surface area contributed by atoms with E-state index in [0.29, 0.717) is 5.92 Å². The molecule has 0 radical (unpaired) electrons. The van der Waals surface area contributed by atoms with Gasteiger partial charge >= 0.3 is 0 Å². The molecule has 1 N–H and O–H groups in total. The first-order valence-corrected chi connectivity index (χ1v) is 6.12. The van der Waals surface area contributed by atoms with Crippen molar-refractivity contribution in [2.75, 3.05) is 0 Å². The predicted molar refractivity (Wildman–Crippen MR) is 60.4 cm³/mol. The minimum atomic E-state index is -0.379. The standard InChI is InChI=1S/C14H17FO/c1-8-7-9(15)5-6-10(8)14(16)13-11-3-2-4-12(11)13/h5-7,11-14,16H,2-4H2,1H3. The summed E-state index contributed by atoms with van der Waals surface area (Å²) in [5, 5.41) is 10.3. The molecule has 3 unspecified atom stereocenters. The van der Waals surface area contributed by atoms with Gasteiger partial charge in [-0.15, -0.1) is 0 Å². The van der Waals surface area contributed by atoms with Crippen molar-refractivity contribution in [3.05, 3.63) is 35.1 Å². The van der Waals surface area contributed by atoms with E-state index in [2.05, 4.69) is 0 Å². The molecule has 0 amide bonds. The number of halogens is 1. The predicted octanol–water partition coefficient (Wildman–Crippen LogP) is 3.21. The first-order valence-electron chi connectivity index (χ1n) is 6.12. The van der Waals surface area contributed by atoms with Gasteiger partial charge in [-0.3, -0.25) is 0 Å². The summed E-state index contributed by atoms with van der Waals surface area (Å²) in [7, 11) is 0. The first-order chi connectivity index (χ1) is 7.68. The normalized spacial score (nSPS) is 33.6. The second kappa shape index (κ2) is 3.56. The van der Waals surface area contributed by atoms with Gasteiger partial charge in [-0.25, -0.2) is 4.39 Å². The number of aryl methyl sites for hydroxylation is 1. The van der Waals surface area contributed by atoms with Crippen molar-refractivity contribution in [1.29, 1.82) is 0 Å². The zero-order chi connectivity index (χ0) is 11.3. The fraction of sp³-hybridized carbons (Fsp3) is 0.571. The van der Waals surface area contributed by atoms with Crippen LogP contribution in [-0.4, -0.2) is 5.11 Å². The number of hydrogen-bond donors (Lipinski definition) is 1. The van der Waals surface area contributed by atoms with Crippen LogP contribution in [0.2, 0.25) is 0 Å². The van der Waals surface area contributed by atoms with Crippen LogP contribution in [0.25, 0.3) is 0 Å². The molecule has 2 fully saturated rings. The summed E-state index contributed by atoms with van der Waals surface area (Å²) < 4.78 is 13.0. The third-order valence-electron chi connectivity index (χ3n) is 4.39. The summed E-state index contributed by atoms with van der Waals surface area (Å²) in [5.41, 5.74) is 1.79. The molecular formula is C14H17FO. The van der Waals surface area contributed by atoms with Gasteiger partial charge in [0.1, 0.15) is 5.82 Å². The molecule has 0 aromatic heterocycles. The van der Waals surface area contributed by atoms with Crippen LogP contribution in [0.15, 0.2) is 18.2 Å². The van der Waals surface area contributed by atoms with Gasteiger partial charge in [0.05, 0.1) is 6.10 Å². The van der Waals surface area contributed by atoms with Crippen molar-refractivity contribution in [1.82, 2.24) is 0 Å². The van der Waals surface area contributed by atoms with E-state index >= 15 is 0 Å². The Morgan fingerprint density at radius 1 is 1.31 bits per heavy atom. The molecule has 0 bridgehead atoms. The van der Waals surface area contributed by atoms with Crippen LogP contribution < -0.4 is 0 Å². The van der Waals surface area contributed by atoms with Crippen molar-refractivity contribution in [2.24, 2.45) is 17.8 Å². The Bertz CT molecular complexity index is 405. The molecule has 0 spiro atoms. The third-order valence-corrected chi connectivity index (χ3v) is 4.39. The molecule has 0 aliphatic heterocycles. The van der Waals surface area contributed by atoms with Crippen LogP contribution in [0.4, 0.5) is 4.39 Å². The van der Waals surface area contributed by atoms with Crippen molar-refractivity contribution in [2.45, 2.75) is 32.3 Å². The highest BCUT2D eigenvalue weighted by molar-refractivity contribution is 5.30.